The summed E-state index contributed by atoms with van der Waals surface area (Å²) in [5.74, 6) is 0.790. The normalized spacial score (nSPS) is 10.8. The molecule has 0 aliphatic heterocycles. The number of hydrogen-bond acceptors (Lipinski definition) is 6. The SMILES string of the molecule is CCc1nnc(NCc2ccc3cccc(OC)c3n2)s1. The Morgan fingerprint density at radius 1 is 1.19 bits per heavy atom. The summed E-state index contributed by atoms with van der Waals surface area (Å²) in [5.41, 5.74) is 1.83. The molecule has 1 aromatic carbocycles. The van der Waals surface area contributed by atoms with E-state index in [2.05, 4.69) is 33.5 Å². The van der Waals surface area contributed by atoms with Gasteiger partial charge in [-0.3, -0.25) is 0 Å². The van der Waals surface area contributed by atoms with Gasteiger partial charge in [0.05, 0.1) is 19.3 Å². The number of hydrogen-bond donors (Lipinski definition) is 1. The zero-order chi connectivity index (χ0) is 14.7. The summed E-state index contributed by atoms with van der Waals surface area (Å²) in [6.07, 6.45) is 0.908. The Bertz CT molecular complexity index is 756. The molecular weight excluding hydrogens is 284 g/mol. The van der Waals surface area contributed by atoms with Gasteiger partial charge in [0.15, 0.2) is 0 Å². The summed E-state index contributed by atoms with van der Waals surface area (Å²) in [4.78, 5) is 4.66. The highest BCUT2D eigenvalue weighted by molar-refractivity contribution is 7.15. The maximum absolute atomic E-state index is 5.36. The number of aryl methyl sites for hydroxylation is 1. The molecule has 0 aliphatic carbocycles. The van der Waals surface area contributed by atoms with Crippen LogP contribution in [0.25, 0.3) is 10.9 Å². The number of ether oxygens (including phenoxy) is 1. The van der Waals surface area contributed by atoms with Crippen LogP contribution in [-0.4, -0.2) is 22.3 Å². The van der Waals surface area contributed by atoms with Crippen molar-refractivity contribution < 1.29 is 4.74 Å². The van der Waals surface area contributed by atoms with Crippen molar-refractivity contribution in [2.45, 2.75) is 19.9 Å². The molecule has 3 rings (SSSR count). The van der Waals surface area contributed by atoms with Crippen molar-refractivity contribution in [2.75, 3.05) is 12.4 Å². The maximum atomic E-state index is 5.36. The molecular formula is C15H16N4OS. The molecule has 6 heteroatoms. The van der Waals surface area contributed by atoms with Gasteiger partial charge in [0.2, 0.25) is 5.13 Å². The van der Waals surface area contributed by atoms with Crippen LogP contribution in [0.4, 0.5) is 5.13 Å². The molecule has 0 spiro atoms. The molecule has 2 heterocycles. The number of rotatable bonds is 5. The minimum atomic E-state index is 0.617. The van der Waals surface area contributed by atoms with Crippen molar-refractivity contribution in [2.24, 2.45) is 0 Å². The molecule has 108 valence electrons. The van der Waals surface area contributed by atoms with Crippen LogP contribution in [0.5, 0.6) is 5.75 Å². The number of fused-ring (bicyclic) bond motifs is 1. The van der Waals surface area contributed by atoms with Crippen LogP contribution in [0.15, 0.2) is 30.3 Å². The third-order valence-corrected chi connectivity index (χ3v) is 4.18. The number of nitrogens with zero attached hydrogens (tertiary/aromatic N) is 3. The fraction of sp³-hybridized carbons (Fsp3) is 0.267. The molecule has 0 atom stereocenters. The lowest BCUT2D eigenvalue weighted by atomic mass is 10.2. The standard InChI is InChI=1S/C15H16N4OS/c1-3-13-18-19-15(21-13)16-9-11-8-7-10-5-4-6-12(20-2)14(10)17-11/h4-8H,3,9H2,1-2H3,(H,16,19). The van der Waals surface area contributed by atoms with Gasteiger partial charge in [0, 0.05) is 5.39 Å². The first-order valence-electron chi connectivity index (χ1n) is 6.79. The van der Waals surface area contributed by atoms with Gasteiger partial charge in [-0.2, -0.15) is 0 Å². The zero-order valence-corrected chi connectivity index (χ0v) is 12.8. The Morgan fingerprint density at radius 3 is 2.86 bits per heavy atom. The van der Waals surface area contributed by atoms with E-state index >= 15 is 0 Å². The summed E-state index contributed by atoms with van der Waals surface area (Å²) >= 11 is 1.58. The number of pyridine rings is 1. The number of aromatic nitrogens is 3. The quantitative estimate of drug-likeness (QED) is 0.783. The molecule has 0 amide bonds. The zero-order valence-electron chi connectivity index (χ0n) is 12.0. The topological polar surface area (TPSA) is 59.9 Å². The molecule has 0 bridgehead atoms. The average molecular weight is 300 g/mol. The van der Waals surface area contributed by atoms with E-state index < -0.39 is 0 Å². The minimum absolute atomic E-state index is 0.617. The van der Waals surface area contributed by atoms with E-state index in [0.29, 0.717) is 6.54 Å². The molecule has 5 nitrogen and oxygen atoms in total. The van der Waals surface area contributed by atoms with E-state index in [4.69, 9.17) is 4.74 Å². The minimum Gasteiger partial charge on any atom is -0.494 e. The molecule has 0 unspecified atom stereocenters. The van der Waals surface area contributed by atoms with E-state index in [1.54, 1.807) is 18.4 Å². The van der Waals surface area contributed by atoms with Gasteiger partial charge < -0.3 is 10.1 Å². The number of nitrogens with one attached hydrogen (secondary N) is 1. The molecule has 1 N–H and O–H groups in total. The highest BCUT2D eigenvalue weighted by Crippen LogP contribution is 2.24. The lowest BCUT2D eigenvalue weighted by Crippen LogP contribution is -2.01. The summed E-state index contributed by atoms with van der Waals surface area (Å²) in [5, 5.41) is 14.4. The molecule has 0 fully saturated rings. The van der Waals surface area contributed by atoms with E-state index in [1.807, 2.05) is 24.3 Å². The van der Waals surface area contributed by atoms with Gasteiger partial charge in [0.1, 0.15) is 16.3 Å². The second-order valence-corrected chi connectivity index (χ2v) is 5.60. The van der Waals surface area contributed by atoms with Crippen LogP contribution in [0, 0.1) is 0 Å². The van der Waals surface area contributed by atoms with E-state index in [9.17, 15) is 0 Å². The summed E-state index contributed by atoms with van der Waals surface area (Å²) in [6.45, 7) is 2.69. The fourth-order valence-corrected chi connectivity index (χ4v) is 2.73. The number of benzene rings is 1. The lowest BCUT2D eigenvalue weighted by Gasteiger charge is -2.07. The Morgan fingerprint density at radius 2 is 2.10 bits per heavy atom. The van der Waals surface area contributed by atoms with Crippen LogP contribution in [0.2, 0.25) is 0 Å². The Labute approximate surface area is 127 Å². The largest absolute Gasteiger partial charge is 0.494 e. The van der Waals surface area contributed by atoms with Gasteiger partial charge in [-0.1, -0.05) is 36.5 Å². The van der Waals surface area contributed by atoms with Crippen LogP contribution in [-0.2, 0) is 13.0 Å². The van der Waals surface area contributed by atoms with Gasteiger partial charge in [-0.05, 0) is 18.6 Å². The number of anilines is 1. The van der Waals surface area contributed by atoms with Crippen molar-refractivity contribution >= 4 is 27.4 Å². The molecule has 0 aliphatic rings. The second kappa shape index (κ2) is 6.05. The van der Waals surface area contributed by atoms with Crippen LogP contribution in [0.1, 0.15) is 17.6 Å². The monoisotopic (exact) mass is 300 g/mol. The molecule has 0 saturated heterocycles. The summed E-state index contributed by atoms with van der Waals surface area (Å²) in [7, 11) is 1.66. The van der Waals surface area contributed by atoms with Crippen LogP contribution >= 0.6 is 11.3 Å². The third-order valence-electron chi connectivity index (χ3n) is 3.15. The van der Waals surface area contributed by atoms with Crippen molar-refractivity contribution in [1.29, 1.82) is 0 Å². The third kappa shape index (κ3) is 2.95. The van der Waals surface area contributed by atoms with E-state index in [-0.39, 0.29) is 0 Å². The first kappa shape index (κ1) is 13.8. The maximum Gasteiger partial charge on any atom is 0.205 e. The first-order valence-corrected chi connectivity index (χ1v) is 7.60. The van der Waals surface area contributed by atoms with Gasteiger partial charge in [0.25, 0.3) is 0 Å². The highest BCUT2D eigenvalue weighted by atomic mass is 32.1. The predicted molar refractivity (Wildman–Crippen MR) is 84.9 cm³/mol. The molecule has 0 saturated carbocycles. The lowest BCUT2D eigenvalue weighted by molar-refractivity contribution is 0.419. The Hall–Kier alpha value is -2.21. The van der Waals surface area contributed by atoms with Crippen molar-refractivity contribution in [3.05, 3.63) is 41.0 Å². The first-order chi connectivity index (χ1) is 10.3. The van der Waals surface area contributed by atoms with Crippen molar-refractivity contribution in [3.8, 4) is 5.75 Å². The fourth-order valence-electron chi connectivity index (χ4n) is 2.06. The van der Waals surface area contributed by atoms with Crippen molar-refractivity contribution in [3.63, 3.8) is 0 Å². The molecule has 21 heavy (non-hydrogen) atoms. The Balaban J connectivity index is 1.80. The predicted octanol–water partition coefficient (Wildman–Crippen LogP) is 3.27. The van der Waals surface area contributed by atoms with Gasteiger partial charge in [-0.25, -0.2) is 4.98 Å². The van der Waals surface area contributed by atoms with Crippen LogP contribution < -0.4 is 10.1 Å². The van der Waals surface area contributed by atoms with E-state index in [0.717, 1.165) is 38.9 Å². The Kier molecular flexibility index (Phi) is 3.96. The van der Waals surface area contributed by atoms with Crippen LogP contribution in [0.3, 0.4) is 0 Å². The summed E-state index contributed by atoms with van der Waals surface area (Å²) in [6, 6.07) is 9.98. The molecule has 2 aromatic heterocycles. The number of methoxy groups -OCH3 is 1. The average Bonchev–Trinajstić information content (AvgIpc) is 3.00. The van der Waals surface area contributed by atoms with Gasteiger partial charge in [-0.15, -0.1) is 10.2 Å². The van der Waals surface area contributed by atoms with E-state index in [1.165, 1.54) is 0 Å². The van der Waals surface area contributed by atoms with Crippen molar-refractivity contribution in [1.82, 2.24) is 15.2 Å². The second-order valence-electron chi connectivity index (χ2n) is 4.54. The van der Waals surface area contributed by atoms with Gasteiger partial charge >= 0.3 is 0 Å². The molecule has 3 aromatic rings. The number of para-hydroxylation sites is 1. The summed E-state index contributed by atoms with van der Waals surface area (Å²) < 4.78 is 5.36. The smallest absolute Gasteiger partial charge is 0.205 e. The molecule has 0 radical (unpaired) electrons. The highest BCUT2D eigenvalue weighted by Gasteiger charge is 2.06.